The fourth-order valence-electron chi connectivity index (χ4n) is 2.14. The molecule has 2 rings (SSSR count). The van der Waals surface area contributed by atoms with Crippen LogP contribution < -0.4 is 15.4 Å². The number of hydrogen-bond donors (Lipinski definition) is 2. The molecule has 0 aliphatic carbocycles. The highest BCUT2D eigenvalue weighted by Crippen LogP contribution is 2.25. The van der Waals surface area contributed by atoms with Crippen molar-refractivity contribution in [1.29, 1.82) is 0 Å². The second-order valence-electron chi connectivity index (χ2n) is 4.96. The van der Waals surface area contributed by atoms with Crippen molar-refractivity contribution in [3.8, 4) is 5.75 Å². The lowest BCUT2D eigenvalue weighted by Gasteiger charge is -2.22. The number of benzene rings is 1. The minimum absolute atomic E-state index is 0.151. The Morgan fingerprint density at radius 1 is 1.50 bits per heavy atom. The van der Waals surface area contributed by atoms with Gasteiger partial charge in [-0.25, -0.2) is 4.39 Å². The monoisotopic (exact) mass is 328 g/mol. The van der Waals surface area contributed by atoms with Crippen molar-refractivity contribution in [3.63, 3.8) is 0 Å². The Bertz CT molecular complexity index is 496. The molecule has 1 aliphatic rings. The number of amides is 1. The summed E-state index contributed by atoms with van der Waals surface area (Å²) in [5.41, 5.74) is 0.351. The molecule has 0 spiro atoms. The summed E-state index contributed by atoms with van der Waals surface area (Å²) < 4.78 is 23.8. The highest BCUT2D eigenvalue weighted by Gasteiger charge is 2.18. The zero-order chi connectivity index (χ0) is 15.8. The van der Waals surface area contributed by atoms with Gasteiger partial charge in [0.05, 0.1) is 12.3 Å². The average molecular weight is 328 g/mol. The fraction of sp³-hybridized carbons (Fsp3) is 0.533. The summed E-state index contributed by atoms with van der Waals surface area (Å²) in [6.45, 7) is 1.67. The molecule has 1 aromatic carbocycles. The van der Waals surface area contributed by atoms with Crippen molar-refractivity contribution in [3.05, 3.63) is 24.0 Å². The maximum Gasteiger partial charge on any atom is 0.226 e. The van der Waals surface area contributed by atoms with Gasteiger partial charge in [0.15, 0.2) is 0 Å². The summed E-state index contributed by atoms with van der Waals surface area (Å²) in [6, 6.07) is 4.24. The van der Waals surface area contributed by atoms with Gasteiger partial charge in [-0.05, 0) is 12.1 Å². The normalized spacial score (nSPS) is 18.0. The number of rotatable bonds is 7. The molecule has 122 valence electrons. The van der Waals surface area contributed by atoms with Crippen LogP contribution in [0.3, 0.4) is 0 Å². The lowest BCUT2D eigenvalue weighted by molar-refractivity contribution is -0.116. The highest BCUT2D eigenvalue weighted by molar-refractivity contribution is 7.99. The second-order valence-corrected chi connectivity index (χ2v) is 6.11. The quantitative estimate of drug-likeness (QED) is 0.749. The minimum atomic E-state index is -0.416. The molecule has 0 radical (unpaired) electrons. The Kier molecular flexibility index (Phi) is 6.95. The van der Waals surface area contributed by atoms with E-state index in [1.807, 2.05) is 11.8 Å². The lowest BCUT2D eigenvalue weighted by Crippen LogP contribution is -2.39. The van der Waals surface area contributed by atoms with E-state index in [-0.39, 0.29) is 11.9 Å². The second kappa shape index (κ2) is 8.97. The van der Waals surface area contributed by atoms with Crippen LogP contribution in [0.1, 0.15) is 6.42 Å². The van der Waals surface area contributed by atoms with Gasteiger partial charge in [-0.3, -0.25) is 4.79 Å². The van der Waals surface area contributed by atoms with Gasteiger partial charge in [0, 0.05) is 43.7 Å². The topological polar surface area (TPSA) is 59.6 Å². The van der Waals surface area contributed by atoms with Gasteiger partial charge < -0.3 is 20.1 Å². The molecular formula is C15H21FN2O3S. The number of ether oxygens (including phenoxy) is 2. The van der Waals surface area contributed by atoms with Gasteiger partial charge in [0.2, 0.25) is 5.91 Å². The molecule has 1 unspecified atom stereocenters. The third-order valence-corrected chi connectivity index (χ3v) is 4.32. The third-order valence-electron chi connectivity index (χ3n) is 3.19. The van der Waals surface area contributed by atoms with E-state index in [2.05, 4.69) is 10.6 Å². The third kappa shape index (κ3) is 5.47. The summed E-state index contributed by atoms with van der Waals surface area (Å²) in [5.74, 6) is 1.86. The minimum Gasteiger partial charge on any atom is -0.489 e. The molecule has 1 fully saturated rings. The Labute approximate surface area is 133 Å². The van der Waals surface area contributed by atoms with Gasteiger partial charge in [-0.15, -0.1) is 0 Å². The number of hydrogen-bond acceptors (Lipinski definition) is 5. The van der Waals surface area contributed by atoms with Crippen LogP contribution in [0.15, 0.2) is 18.2 Å². The first kappa shape index (κ1) is 17.1. The van der Waals surface area contributed by atoms with Crippen LogP contribution >= 0.6 is 11.8 Å². The molecule has 1 aromatic rings. The molecule has 1 saturated heterocycles. The van der Waals surface area contributed by atoms with Crippen molar-refractivity contribution in [2.24, 2.45) is 0 Å². The van der Waals surface area contributed by atoms with E-state index in [9.17, 15) is 9.18 Å². The molecule has 7 heteroatoms. The molecule has 1 aliphatic heterocycles. The Morgan fingerprint density at radius 3 is 3.09 bits per heavy atom. The number of anilines is 1. The molecule has 22 heavy (non-hydrogen) atoms. The summed E-state index contributed by atoms with van der Waals surface area (Å²) in [6.07, 6.45) is 0.362. The summed E-state index contributed by atoms with van der Waals surface area (Å²) >= 11 is 1.83. The smallest absolute Gasteiger partial charge is 0.226 e. The first-order valence-corrected chi connectivity index (χ1v) is 8.37. The first-order valence-electron chi connectivity index (χ1n) is 7.21. The molecule has 0 bridgehead atoms. The van der Waals surface area contributed by atoms with Crippen LogP contribution in [-0.4, -0.2) is 50.3 Å². The highest BCUT2D eigenvalue weighted by atomic mass is 32.2. The Morgan fingerprint density at radius 2 is 2.36 bits per heavy atom. The van der Waals surface area contributed by atoms with Gasteiger partial charge >= 0.3 is 0 Å². The summed E-state index contributed by atoms with van der Waals surface area (Å²) in [4.78, 5) is 12.1. The number of nitrogens with one attached hydrogen (secondary N) is 2. The van der Waals surface area contributed by atoms with E-state index in [1.54, 1.807) is 7.11 Å². The number of carbonyl (C=O) groups is 1. The van der Waals surface area contributed by atoms with E-state index in [1.165, 1.54) is 18.2 Å². The predicted octanol–water partition coefficient (Wildman–Crippen LogP) is 1.88. The number of halogens is 1. The van der Waals surface area contributed by atoms with Crippen molar-refractivity contribution < 1.29 is 18.7 Å². The van der Waals surface area contributed by atoms with Gasteiger partial charge in [0.1, 0.15) is 18.2 Å². The molecule has 1 heterocycles. The Balaban J connectivity index is 1.94. The first-order chi connectivity index (χ1) is 10.7. The van der Waals surface area contributed by atoms with E-state index in [0.29, 0.717) is 31.1 Å². The van der Waals surface area contributed by atoms with E-state index >= 15 is 0 Å². The maximum atomic E-state index is 13.4. The molecular weight excluding hydrogens is 307 g/mol. The van der Waals surface area contributed by atoms with Crippen LogP contribution in [0, 0.1) is 5.82 Å². The van der Waals surface area contributed by atoms with Crippen LogP contribution in [-0.2, 0) is 9.53 Å². The van der Waals surface area contributed by atoms with E-state index in [4.69, 9.17) is 9.47 Å². The van der Waals surface area contributed by atoms with E-state index in [0.717, 1.165) is 18.1 Å². The van der Waals surface area contributed by atoms with E-state index < -0.39 is 5.82 Å². The van der Waals surface area contributed by atoms with Crippen molar-refractivity contribution >= 4 is 23.4 Å². The molecule has 5 nitrogen and oxygen atoms in total. The van der Waals surface area contributed by atoms with Crippen molar-refractivity contribution in [2.75, 3.05) is 43.7 Å². The van der Waals surface area contributed by atoms with Crippen LogP contribution in [0.2, 0.25) is 0 Å². The molecule has 0 aromatic heterocycles. The molecule has 1 amide bonds. The van der Waals surface area contributed by atoms with Gasteiger partial charge in [-0.1, -0.05) is 0 Å². The van der Waals surface area contributed by atoms with Gasteiger partial charge in [-0.2, -0.15) is 11.8 Å². The lowest BCUT2D eigenvalue weighted by atomic mass is 10.2. The fourth-order valence-corrected chi connectivity index (χ4v) is 3.09. The largest absolute Gasteiger partial charge is 0.489 e. The zero-order valence-corrected chi connectivity index (χ0v) is 13.4. The molecule has 1 atom stereocenters. The standard InChI is InChI=1S/C15H21FN2O3S/c1-20-5-6-21-14-3-2-11(16)8-13(14)18-15(19)9-12-10-22-7-4-17-12/h2-3,8,12,17H,4-7,9-10H2,1H3,(H,18,19). The number of thioether (sulfide) groups is 1. The molecule has 0 saturated carbocycles. The van der Waals surface area contributed by atoms with Gasteiger partial charge in [0.25, 0.3) is 0 Å². The number of methoxy groups -OCH3 is 1. The van der Waals surface area contributed by atoms with Crippen molar-refractivity contribution in [2.45, 2.75) is 12.5 Å². The Hall–Kier alpha value is -1.31. The predicted molar refractivity (Wildman–Crippen MR) is 86.1 cm³/mol. The number of carbonyl (C=O) groups excluding carboxylic acids is 1. The average Bonchev–Trinajstić information content (AvgIpc) is 2.50. The van der Waals surface area contributed by atoms with Crippen molar-refractivity contribution in [1.82, 2.24) is 5.32 Å². The van der Waals surface area contributed by atoms with Crippen LogP contribution in [0.5, 0.6) is 5.75 Å². The maximum absolute atomic E-state index is 13.4. The zero-order valence-electron chi connectivity index (χ0n) is 12.6. The molecule has 2 N–H and O–H groups in total. The summed E-state index contributed by atoms with van der Waals surface area (Å²) in [7, 11) is 1.58. The summed E-state index contributed by atoms with van der Waals surface area (Å²) in [5, 5.41) is 6.03. The van der Waals surface area contributed by atoms with Crippen LogP contribution in [0.25, 0.3) is 0 Å². The SMILES string of the molecule is COCCOc1ccc(F)cc1NC(=O)CC1CSCCN1. The van der Waals surface area contributed by atoms with Crippen LogP contribution in [0.4, 0.5) is 10.1 Å².